The number of amides is 1. The van der Waals surface area contributed by atoms with Crippen molar-refractivity contribution in [2.24, 2.45) is 0 Å². The average Bonchev–Trinajstić information content (AvgIpc) is 3.51. The van der Waals surface area contributed by atoms with E-state index in [-0.39, 0.29) is 12.6 Å². The van der Waals surface area contributed by atoms with Gasteiger partial charge in [-0.25, -0.2) is 0 Å². The van der Waals surface area contributed by atoms with Gasteiger partial charge in [0.05, 0.1) is 19.9 Å². The second-order valence-corrected chi connectivity index (χ2v) is 7.64. The largest absolute Gasteiger partial charge is 0.493 e. The van der Waals surface area contributed by atoms with Crippen LogP contribution in [0.15, 0.2) is 71.2 Å². The molecule has 1 amide bonds. The van der Waals surface area contributed by atoms with Gasteiger partial charge in [0, 0.05) is 17.0 Å². The van der Waals surface area contributed by atoms with Crippen LogP contribution in [0.25, 0.3) is 17.0 Å². The summed E-state index contributed by atoms with van der Waals surface area (Å²) in [7, 11) is 3.10. The molecule has 0 fully saturated rings. The average molecular weight is 471 g/mol. The van der Waals surface area contributed by atoms with Crippen molar-refractivity contribution in [3.05, 3.63) is 83.6 Å². The number of methoxy groups -OCH3 is 2. The summed E-state index contributed by atoms with van der Waals surface area (Å²) in [5, 5.41) is 3.42. The van der Waals surface area contributed by atoms with Crippen LogP contribution in [0.4, 0.5) is 5.69 Å². The number of carbonyl (C=O) groups excluding carboxylic acids is 2. The van der Waals surface area contributed by atoms with Crippen LogP contribution < -0.4 is 24.3 Å². The molecule has 0 unspecified atom stereocenters. The summed E-state index contributed by atoms with van der Waals surface area (Å²) in [6.07, 6.45) is 3.01. The maximum atomic E-state index is 13.3. The number of anilines is 1. The minimum atomic E-state index is -0.425. The summed E-state index contributed by atoms with van der Waals surface area (Å²) in [6, 6.07) is 17.3. The molecule has 2 heterocycles. The van der Waals surface area contributed by atoms with Crippen LogP contribution in [-0.4, -0.2) is 32.7 Å². The minimum absolute atomic E-state index is 0.0259. The molecule has 4 aromatic rings. The lowest BCUT2D eigenvalue weighted by Crippen LogP contribution is -2.11. The highest BCUT2D eigenvalue weighted by atomic mass is 16.7. The molecule has 3 aromatic carbocycles. The molecule has 1 aliphatic rings. The highest BCUT2D eigenvalue weighted by Gasteiger charge is 2.25. The SMILES string of the molecule is COc1ccc(/C=C/C(=O)Nc2c(C(=O)c3ccc4c(c3)OCO4)oc3ccccc23)cc1OC. The Morgan fingerprint density at radius 3 is 2.54 bits per heavy atom. The van der Waals surface area contributed by atoms with Crippen molar-refractivity contribution >= 4 is 34.4 Å². The zero-order chi connectivity index (χ0) is 24.4. The molecule has 0 atom stereocenters. The van der Waals surface area contributed by atoms with Gasteiger partial charge in [-0.05, 0) is 54.1 Å². The molecule has 35 heavy (non-hydrogen) atoms. The number of benzene rings is 3. The lowest BCUT2D eigenvalue weighted by molar-refractivity contribution is -0.111. The molecule has 0 aliphatic carbocycles. The van der Waals surface area contributed by atoms with Crippen molar-refractivity contribution in [1.29, 1.82) is 0 Å². The number of nitrogens with one attached hydrogen (secondary N) is 1. The monoisotopic (exact) mass is 471 g/mol. The fourth-order valence-corrected chi connectivity index (χ4v) is 3.79. The Hall–Kier alpha value is -4.72. The second-order valence-electron chi connectivity index (χ2n) is 7.64. The number of ketones is 1. The van der Waals surface area contributed by atoms with E-state index in [2.05, 4.69) is 5.32 Å². The number of carbonyl (C=O) groups is 2. The summed E-state index contributed by atoms with van der Waals surface area (Å²) < 4.78 is 27.1. The highest BCUT2D eigenvalue weighted by Crippen LogP contribution is 2.36. The molecule has 1 aromatic heterocycles. The molecule has 5 rings (SSSR count). The molecular weight excluding hydrogens is 450 g/mol. The summed E-state index contributed by atoms with van der Waals surface area (Å²) in [4.78, 5) is 26.2. The molecule has 0 saturated heterocycles. The van der Waals surface area contributed by atoms with Gasteiger partial charge >= 0.3 is 0 Å². The summed E-state index contributed by atoms with van der Waals surface area (Å²) in [5.41, 5.74) is 1.87. The Morgan fingerprint density at radius 1 is 0.914 bits per heavy atom. The predicted octanol–water partition coefficient (Wildman–Crippen LogP) is 5.06. The molecule has 0 spiro atoms. The number of fused-ring (bicyclic) bond motifs is 2. The van der Waals surface area contributed by atoms with Gasteiger partial charge in [0.25, 0.3) is 0 Å². The van der Waals surface area contributed by atoms with Gasteiger partial charge < -0.3 is 28.7 Å². The Bertz CT molecular complexity index is 1470. The highest BCUT2D eigenvalue weighted by molar-refractivity contribution is 6.18. The predicted molar refractivity (Wildman–Crippen MR) is 129 cm³/mol. The van der Waals surface area contributed by atoms with E-state index < -0.39 is 11.7 Å². The van der Waals surface area contributed by atoms with E-state index in [1.165, 1.54) is 6.08 Å². The van der Waals surface area contributed by atoms with Crippen molar-refractivity contribution in [2.75, 3.05) is 26.3 Å². The zero-order valence-electron chi connectivity index (χ0n) is 19.0. The molecule has 1 aliphatic heterocycles. The summed E-state index contributed by atoms with van der Waals surface area (Å²) >= 11 is 0. The Balaban J connectivity index is 1.44. The smallest absolute Gasteiger partial charge is 0.248 e. The number of para-hydroxylation sites is 1. The van der Waals surface area contributed by atoms with Gasteiger partial charge in [0.15, 0.2) is 28.8 Å². The van der Waals surface area contributed by atoms with E-state index in [4.69, 9.17) is 23.4 Å². The molecule has 1 N–H and O–H groups in total. The normalized spacial score (nSPS) is 12.2. The molecule has 176 valence electrons. The van der Waals surface area contributed by atoms with Crippen LogP contribution in [0.2, 0.25) is 0 Å². The number of hydrogen-bond donors (Lipinski definition) is 1. The van der Waals surface area contributed by atoms with Crippen molar-refractivity contribution in [3.63, 3.8) is 0 Å². The zero-order valence-corrected chi connectivity index (χ0v) is 19.0. The van der Waals surface area contributed by atoms with Gasteiger partial charge in [0.2, 0.25) is 18.5 Å². The van der Waals surface area contributed by atoms with E-state index in [0.717, 1.165) is 5.56 Å². The van der Waals surface area contributed by atoms with E-state index in [9.17, 15) is 9.59 Å². The third-order valence-corrected chi connectivity index (χ3v) is 5.52. The lowest BCUT2D eigenvalue weighted by Gasteiger charge is -2.07. The maximum Gasteiger partial charge on any atom is 0.248 e. The van der Waals surface area contributed by atoms with Gasteiger partial charge in [-0.3, -0.25) is 9.59 Å². The quantitative estimate of drug-likeness (QED) is 0.297. The Kier molecular flexibility index (Phi) is 5.85. The first-order valence-corrected chi connectivity index (χ1v) is 10.7. The van der Waals surface area contributed by atoms with Crippen LogP contribution in [0.3, 0.4) is 0 Å². The molecule has 8 nitrogen and oxygen atoms in total. The molecule has 0 radical (unpaired) electrons. The van der Waals surface area contributed by atoms with Crippen LogP contribution in [0, 0.1) is 0 Å². The van der Waals surface area contributed by atoms with Gasteiger partial charge in [-0.2, -0.15) is 0 Å². The van der Waals surface area contributed by atoms with Crippen LogP contribution >= 0.6 is 0 Å². The molecular formula is C27H21NO7. The van der Waals surface area contributed by atoms with Crippen molar-refractivity contribution < 1.29 is 33.0 Å². The number of rotatable bonds is 7. The third-order valence-electron chi connectivity index (χ3n) is 5.52. The van der Waals surface area contributed by atoms with Crippen LogP contribution in [0.1, 0.15) is 21.7 Å². The van der Waals surface area contributed by atoms with E-state index in [1.807, 2.05) is 6.07 Å². The minimum Gasteiger partial charge on any atom is -0.493 e. The number of ether oxygens (including phenoxy) is 4. The van der Waals surface area contributed by atoms with E-state index in [0.29, 0.717) is 45.2 Å². The number of furan rings is 1. The fraction of sp³-hybridized carbons (Fsp3) is 0.111. The van der Waals surface area contributed by atoms with Crippen LogP contribution in [-0.2, 0) is 4.79 Å². The Morgan fingerprint density at radius 2 is 1.71 bits per heavy atom. The molecule has 8 heteroatoms. The summed E-state index contributed by atoms with van der Waals surface area (Å²) in [6.45, 7) is 0.103. The molecule has 0 bridgehead atoms. The van der Waals surface area contributed by atoms with Crippen molar-refractivity contribution in [3.8, 4) is 23.0 Å². The van der Waals surface area contributed by atoms with Crippen LogP contribution in [0.5, 0.6) is 23.0 Å². The van der Waals surface area contributed by atoms with Gasteiger partial charge in [0.1, 0.15) is 5.58 Å². The maximum absolute atomic E-state index is 13.3. The first-order chi connectivity index (χ1) is 17.1. The lowest BCUT2D eigenvalue weighted by atomic mass is 10.1. The third kappa shape index (κ3) is 4.29. The first-order valence-electron chi connectivity index (χ1n) is 10.7. The fourth-order valence-electron chi connectivity index (χ4n) is 3.79. The van der Waals surface area contributed by atoms with Gasteiger partial charge in [-0.15, -0.1) is 0 Å². The van der Waals surface area contributed by atoms with Crippen molar-refractivity contribution in [1.82, 2.24) is 0 Å². The number of hydrogen-bond acceptors (Lipinski definition) is 7. The Labute approximate surface area is 200 Å². The van der Waals surface area contributed by atoms with Gasteiger partial charge in [-0.1, -0.05) is 18.2 Å². The standard InChI is InChI=1S/C27H21NO7/c1-31-20-10-7-16(13-22(20)32-2)8-12-24(29)28-25-18-5-3-4-6-19(18)35-27(25)26(30)17-9-11-21-23(14-17)34-15-33-21/h3-14H,15H2,1-2H3,(H,28,29)/b12-8+. The van der Waals surface area contributed by atoms with E-state index >= 15 is 0 Å². The first kappa shape index (κ1) is 22.1. The molecule has 0 saturated carbocycles. The summed E-state index contributed by atoms with van der Waals surface area (Å²) in [5.74, 6) is 1.40. The van der Waals surface area contributed by atoms with Crippen molar-refractivity contribution in [2.45, 2.75) is 0 Å². The second kappa shape index (κ2) is 9.26. The topological polar surface area (TPSA) is 96.2 Å². The van der Waals surface area contributed by atoms with E-state index in [1.54, 1.807) is 74.9 Å².